The zero-order valence-electron chi connectivity index (χ0n) is 15.6. The van der Waals surface area contributed by atoms with Gasteiger partial charge in [0.2, 0.25) is 5.91 Å². The molecule has 1 aromatic carbocycles. The Labute approximate surface area is 164 Å². The molecule has 0 atom stereocenters. The number of piperidine rings is 1. The van der Waals surface area contributed by atoms with E-state index in [1.165, 1.54) is 0 Å². The molecule has 3 rings (SSSR count). The van der Waals surface area contributed by atoms with Gasteiger partial charge in [-0.3, -0.25) is 14.9 Å². The number of hydrogen-bond acceptors (Lipinski definition) is 5. The number of nitro benzene ring substituents is 1. The van der Waals surface area contributed by atoms with Gasteiger partial charge in [-0.05, 0) is 49.6 Å². The zero-order chi connectivity index (χ0) is 21.2. The lowest BCUT2D eigenvalue weighted by atomic mass is 9.95. The van der Waals surface area contributed by atoms with E-state index in [1.807, 2.05) is 13.0 Å². The maximum absolute atomic E-state index is 12.9. The SMILES string of the molecule is Cc1ccnc(NC(=O)C2CCN(c3ccc(C(F)(F)F)cc3[N+](=O)[O-])CC2)c1. The van der Waals surface area contributed by atoms with E-state index in [4.69, 9.17) is 0 Å². The molecule has 0 radical (unpaired) electrons. The van der Waals surface area contributed by atoms with Crippen molar-refractivity contribution in [3.05, 3.63) is 57.8 Å². The van der Waals surface area contributed by atoms with Gasteiger partial charge in [-0.1, -0.05) is 0 Å². The van der Waals surface area contributed by atoms with Crippen molar-refractivity contribution in [2.24, 2.45) is 5.92 Å². The van der Waals surface area contributed by atoms with Crippen LogP contribution in [-0.4, -0.2) is 28.9 Å². The first-order chi connectivity index (χ1) is 13.6. The van der Waals surface area contributed by atoms with Crippen molar-refractivity contribution >= 4 is 23.1 Å². The summed E-state index contributed by atoms with van der Waals surface area (Å²) in [6.07, 6.45) is -2.21. The van der Waals surface area contributed by atoms with E-state index in [9.17, 15) is 28.1 Å². The standard InChI is InChI=1S/C19H19F3N4O3/c1-12-4-7-23-17(10-12)24-18(27)13-5-8-25(9-6-13)15-3-2-14(19(20,21)22)11-16(15)26(28)29/h2-4,7,10-11,13H,5-6,8-9H2,1H3,(H,23,24,27). The van der Waals surface area contributed by atoms with E-state index >= 15 is 0 Å². The number of pyridine rings is 1. The number of aryl methyl sites for hydroxylation is 1. The number of anilines is 2. The number of nitro groups is 1. The molecular formula is C19H19F3N4O3. The highest BCUT2D eigenvalue weighted by Gasteiger charge is 2.35. The summed E-state index contributed by atoms with van der Waals surface area (Å²) in [6, 6.07) is 6.07. The van der Waals surface area contributed by atoms with Gasteiger partial charge in [-0.15, -0.1) is 0 Å². The number of rotatable bonds is 4. The average Bonchev–Trinajstić information content (AvgIpc) is 2.67. The van der Waals surface area contributed by atoms with E-state index in [-0.39, 0.29) is 17.5 Å². The van der Waals surface area contributed by atoms with Gasteiger partial charge in [0.25, 0.3) is 5.69 Å². The van der Waals surface area contributed by atoms with Gasteiger partial charge < -0.3 is 10.2 Å². The fraction of sp³-hybridized carbons (Fsp3) is 0.368. The van der Waals surface area contributed by atoms with Crippen LogP contribution in [0, 0.1) is 23.0 Å². The van der Waals surface area contributed by atoms with Crippen molar-refractivity contribution in [2.75, 3.05) is 23.3 Å². The minimum Gasteiger partial charge on any atom is -0.366 e. The predicted molar refractivity (Wildman–Crippen MR) is 101 cm³/mol. The lowest BCUT2D eigenvalue weighted by Crippen LogP contribution is -2.38. The molecule has 7 nitrogen and oxygen atoms in total. The Bertz CT molecular complexity index is 925. The van der Waals surface area contributed by atoms with E-state index in [0.717, 1.165) is 17.7 Å². The summed E-state index contributed by atoms with van der Waals surface area (Å²) in [5, 5.41) is 14.0. The lowest BCUT2D eigenvalue weighted by molar-refractivity contribution is -0.384. The zero-order valence-corrected chi connectivity index (χ0v) is 15.6. The molecule has 1 aliphatic heterocycles. The first kappa shape index (κ1) is 20.6. The fourth-order valence-corrected chi connectivity index (χ4v) is 3.33. The Morgan fingerprint density at radius 3 is 2.52 bits per heavy atom. The Balaban J connectivity index is 1.69. The summed E-state index contributed by atoms with van der Waals surface area (Å²) in [5.74, 6) is -0.0393. The average molecular weight is 408 g/mol. The Kier molecular flexibility index (Phi) is 5.71. The molecule has 0 unspecified atom stereocenters. The first-order valence-corrected chi connectivity index (χ1v) is 8.99. The van der Waals surface area contributed by atoms with Gasteiger partial charge in [0.1, 0.15) is 11.5 Å². The third kappa shape index (κ3) is 4.82. The van der Waals surface area contributed by atoms with Crippen LogP contribution < -0.4 is 10.2 Å². The highest BCUT2D eigenvalue weighted by molar-refractivity contribution is 5.92. The summed E-state index contributed by atoms with van der Waals surface area (Å²) in [6.45, 7) is 2.53. The van der Waals surface area contributed by atoms with E-state index in [2.05, 4.69) is 10.3 Å². The molecule has 1 amide bonds. The number of hydrogen-bond donors (Lipinski definition) is 1. The van der Waals surface area contributed by atoms with E-state index < -0.39 is 22.4 Å². The van der Waals surface area contributed by atoms with Crippen LogP contribution in [0.5, 0.6) is 0 Å². The molecule has 1 saturated heterocycles. The van der Waals surface area contributed by atoms with Crippen molar-refractivity contribution in [1.29, 1.82) is 0 Å². The summed E-state index contributed by atoms with van der Waals surface area (Å²) < 4.78 is 38.6. The molecule has 1 aromatic heterocycles. The summed E-state index contributed by atoms with van der Waals surface area (Å²) in [4.78, 5) is 28.7. The second-order valence-corrected chi connectivity index (χ2v) is 6.93. The van der Waals surface area contributed by atoms with Crippen molar-refractivity contribution in [2.45, 2.75) is 25.9 Å². The van der Waals surface area contributed by atoms with Crippen molar-refractivity contribution < 1.29 is 22.9 Å². The fourth-order valence-electron chi connectivity index (χ4n) is 3.33. The van der Waals surface area contributed by atoms with Crippen LogP contribution in [0.15, 0.2) is 36.5 Å². The molecule has 1 aliphatic rings. The summed E-state index contributed by atoms with van der Waals surface area (Å²) >= 11 is 0. The second kappa shape index (κ2) is 8.06. The van der Waals surface area contributed by atoms with Gasteiger partial charge >= 0.3 is 6.18 Å². The molecule has 0 bridgehead atoms. The predicted octanol–water partition coefficient (Wildman–Crippen LogP) is 4.17. The molecule has 154 valence electrons. The van der Waals surface area contributed by atoms with Crippen LogP contribution in [0.2, 0.25) is 0 Å². The number of benzene rings is 1. The Morgan fingerprint density at radius 2 is 1.93 bits per heavy atom. The smallest absolute Gasteiger partial charge is 0.366 e. The number of aromatic nitrogens is 1. The lowest BCUT2D eigenvalue weighted by Gasteiger charge is -2.32. The van der Waals surface area contributed by atoms with Crippen LogP contribution in [0.4, 0.5) is 30.4 Å². The van der Waals surface area contributed by atoms with Gasteiger partial charge in [0.05, 0.1) is 10.5 Å². The number of alkyl halides is 3. The van der Waals surface area contributed by atoms with Crippen molar-refractivity contribution in [3.63, 3.8) is 0 Å². The van der Waals surface area contributed by atoms with Crippen LogP contribution in [0.25, 0.3) is 0 Å². The Morgan fingerprint density at radius 1 is 1.24 bits per heavy atom. The molecule has 0 saturated carbocycles. The first-order valence-electron chi connectivity index (χ1n) is 8.99. The maximum atomic E-state index is 12.9. The van der Waals surface area contributed by atoms with Crippen LogP contribution >= 0.6 is 0 Å². The van der Waals surface area contributed by atoms with Crippen LogP contribution in [0.1, 0.15) is 24.0 Å². The van der Waals surface area contributed by atoms with E-state index in [1.54, 1.807) is 17.2 Å². The molecule has 2 heterocycles. The second-order valence-electron chi connectivity index (χ2n) is 6.93. The number of halogens is 3. The third-order valence-corrected chi connectivity index (χ3v) is 4.87. The topological polar surface area (TPSA) is 88.4 Å². The highest BCUT2D eigenvalue weighted by Crippen LogP contribution is 2.37. The maximum Gasteiger partial charge on any atom is 0.416 e. The van der Waals surface area contributed by atoms with Gasteiger partial charge in [0, 0.05) is 31.3 Å². The van der Waals surface area contributed by atoms with Gasteiger partial charge in [-0.2, -0.15) is 13.2 Å². The number of amides is 1. The van der Waals surface area contributed by atoms with Gasteiger partial charge in [0.15, 0.2) is 0 Å². The molecule has 29 heavy (non-hydrogen) atoms. The molecule has 10 heteroatoms. The van der Waals surface area contributed by atoms with Crippen molar-refractivity contribution in [3.8, 4) is 0 Å². The molecular weight excluding hydrogens is 389 g/mol. The minimum absolute atomic E-state index is 0.127. The largest absolute Gasteiger partial charge is 0.416 e. The minimum atomic E-state index is -4.65. The van der Waals surface area contributed by atoms with Gasteiger partial charge in [-0.25, -0.2) is 4.98 Å². The molecule has 0 aliphatic carbocycles. The normalized spacial score (nSPS) is 15.2. The molecule has 1 fully saturated rings. The number of carbonyl (C=O) groups excluding carboxylic acids is 1. The molecule has 0 spiro atoms. The third-order valence-electron chi connectivity index (χ3n) is 4.87. The molecule has 1 N–H and O–H groups in total. The van der Waals surface area contributed by atoms with Crippen molar-refractivity contribution in [1.82, 2.24) is 4.98 Å². The quantitative estimate of drug-likeness (QED) is 0.606. The number of nitrogens with zero attached hydrogens (tertiary/aromatic N) is 3. The highest BCUT2D eigenvalue weighted by atomic mass is 19.4. The monoisotopic (exact) mass is 408 g/mol. The number of carbonyl (C=O) groups is 1. The van der Waals surface area contributed by atoms with Crippen LogP contribution in [0.3, 0.4) is 0 Å². The number of nitrogens with one attached hydrogen (secondary N) is 1. The summed E-state index contributed by atoms with van der Waals surface area (Å²) in [7, 11) is 0. The Hall–Kier alpha value is -3.17. The van der Waals surface area contributed by atoms with Crippen LogP contribution in [-0.2, 0) is 11.0 Å². The molecule has 2 aromatic rings. The summed E-state index contributed by atoms with van der Waals surface area (Å²) in [5.41, 5.74) is -0.568. The van der Waals surface area contributed by atoms with E-state index in [0.29, 0.717) is 37.8 Å².